The number of piperidine rings is 2. The molecule has 0 radical (unpaired) electrons. The van der Waals surface area contributed by atoms with Crippen molar-refractivity contribution in [3.63, 3.8) is 0 Å². The molecule has 2 fully saturated rings. The van der Waals surface area contributed by atoms with Gasteiger partial charge in [0.05, 0.1) is 7.11 Å². The Kier molecular flexibility index (Phi) is 10.9. The first-order valence-corrected chi connectivity index (χ1v) is 9.76. The largest absolute Gasteiger partial charge is 0.481 e. The topological polar surface area (TPSA) is 70.6 Å². The summed E-state index contributed by atoms with van der Waals surface area (Å²) < 4.78 is 5.17. The van der Waals surface area contributed by atoms with Gasteiger partial charge in [0.15, 0.2) is 0 Å². The number of nitrogens with zero attached hydrogens (tertiary/aromatic N) is 4. The first kappa shape index (κ1) is 24.7. The van der Waals surface area contributed by atoms with E-state index in [-0.39, 0.29) is 30.7 Å². The van der Waals surface area contributed by atoms with Crippen LogP contribution >= 0.6 is 24.8 Å². The highest BCUT2D eigenvalue weighted by Gasteiger charge is 2.31. The summed E-state index contributed by atoms with van der Waals surface area (Å²) in [7, 11) is 3.61. The van der Waals surface area contributed by atoms with Crippen molar-refractivity contribution in [3.05, 3.63) is 12.3 Å². The van der Waals surface area contributed by atoms with Crippen molar-refractivity contribution in [1.29, 1.82) is 0 Å². The van der Waals surface area contributed by atoms with Gasteiger partial charge >= 0.3 is 0 Å². The minimum atomic E-state index is 0. The van der Waals surface area contributed by atoms with Gasteiger partial charge in [-0.3, -0.25) is 4.79 Å². The van der Waals surface area contributed by atoms with E-state index >= 15 is 0 Å². The fourth-order valence-electron chi connectivity index (χ4n) is 3.97. The summed E-state index contributed by atoms with van der Waals surface area (Å²) in [4.78, 5) is 25.8. The van der Waals surface area contributed by atoms with Crippen LogP contribution in [0.15, 0.2) is 12.3 Å². The average Bonchev–Trinajstić information content (AvgIpc) is 2.72. The minimum absolute atomic E-state index is 0. The summed E-state index contributed by atoms with van der Waals surface area (Å²) in [6.07, 6.45) is 6.97. The van der Waals surface area contributed by atoms with E-state index in [1.165, 1.54) is 6.42 Å². The van der Waals surface area contributed by atoms with Gasteiger partial charge in [0, 0.05) is 44.4 Å². The molecule has 0 spiro atoms. The van der Waals surface area contributed by atoms with Crippen LogP contribution in [0.2, 0.25) is 0 Å². The van der Waals surface area contributed by atoms with Gasteiger partial charge in [0.2, 0.25) is 17.7 Å². The first-order chi connectivity index (χ1) is 12.7. The van der Waals surface area contributed by atoms with E-state index in [1.807, 2.05) is 7.05 Å². The van der Waals surface area contributed by atoms with E-state index in [0.717, 1.165) is 64.3 Å². The quantitative estimate of drug-likeness (QED) is 0.742. The summed E-state index contributed by atoms with van der Waals surface area (Å²) in [6.45, 7) is 4.56. The Morgan fingerprint density at radius 1 is 1.18 bits per heavy atom. The third-order valence-electron chi connectivity index (χ3n) is 5.68. The van der Waals surface area contributed by atoms with Crippen molar-refractivity contribution in [3.8, 4) is 5.88 Å². The maximum atomic E-state index is 12.9. The minimum Gasteiger partial charge on any atom is -0.481 e. The zero-order chi connectivity index (χ0) is 18.4. The Bertz CT molecular complexity index is 591. The van der Waals surface area contributed by atoms with Crippen LogP contribution in [0.4, 0.5) is 5.95 Å². The molecule has 2 aliphatic heterocycles. The molecule has 1 aromatic rings. The number of nitrogens with one attached hydrogen (secondary N) is 1. The Morgan fingerprint density at radius 2 is 1.86 bits per heavy atom. The van der Waals surface area contributed by atoms with Gasteiger partial charge in [-0.15, -0.1) is 24.8 Å². The lowest BCUT2D eigenvalue weighted by Gasteiger charge is -2.37. The molecule has 3 rings (SSSR count). The summed E-state index contributed by atoms with van der Waals surface area (Å²) in [5.74, 6) is 2.53. The first-order valence-electron chi connectivity index (χ1n) is 9.76. The molecule has 1 aromatic heterocycles. The van der Waals surface area contributed by atoms with Crippen LogP contribution < -0.4 is 15.0 Å². The standard InChI is InChI=1S/C19H31N5O2.2ClH/c1-20-9-3-15-5-11-23(12-6-15)18(25)16-7-13-24(14-8-16)19-21-10-4-17(22-19)26-2;;/h4,10,15-16,20H,3,5-9,11-14H2,1-2H3;2*1H. The number of carbonyl (C=O) groups is 1. The van der Waals surface area contributed by atoms with Crippen LogP contribution in [0.5, 0.6) is 5.88 Å². The van der Waals surface area contributed by atoms with E-state index in [4.69, 9.17) is 4.74 Å². The second-order valence-electron chi connectivity index (χ2n) is 7.32. The Labute approximate surface area is 180 Å². The molecule has 2 aliphatic rings. The zero-order valence-corrected chi connectivity index (χ0v) is 18.4. The number of hydrogen-bond acceptors (Lipinski definition) is 6. The number of aromatic nitrogens is 2. The van der Waals surface area contributed by atoms with Crippen molar-refractivity contribution >= 4 is 36.7 Å². The predicted molar refractivity (Wildman–Crippen MR) is 116 cm³/mol. The number of ether oxygens (including phenoxy) is 1. The summed E-state index contributed by atoms with van der Waals surface area (Å²) >= 11 is 0. The third-order valence-corrected chi connectivity index (χ3v) is 5.68. The summed E-state index contributed by atoms with van der Waals surface area (Å²) in [5, 5.41) is 3.22. The van der Waals surface area contributed by atoms with Crippen molar-refractivity contribution in [1.82, 2.24) is 20.2 Å². The highest BCUT2D eigenvalue weighted by atomic mass is 35.5. The van der Waals surface area contributed by atoms with E-state index in [9.17, 15) is 4.79 Å². The van der Waals surface area contributed by atoms with E-state index in [2.05, 4.69) is 25.1 Å². The number of methoxy groups -OCH3 is 1. The van der Waals surface area contributed by atoms with Crippen LogP contribution in [0, 0.1) is 11.8 Å². The van der Waals surface area contributed by atoms with E-state index in [0.29, 0.717) is 17.7 Å². The number of hydrogen-bond donors (Lipinski definition) is 1. The number of rotatable bonds is 6. The van der Waals surface area contributed by atoms with Crippen molar-refractivity contribution in [2.45, 2.75) is 32.1 Å². The van der Waals surface area contributed by atoms with Gasteiger partial charge < -0.3 is 19.9 Å². The van der Waals surface area contributed by atoms with Gasteiger partial charge in [0.1, 0.15) is 0 Å². The van der Waals surface area contributed by atoms with E-state index < -0.39 is 0 Å². The van der Waals surface area contributed by atoms with Crippen molar-refractivity contribution in [2.24, 2.45) is 11.8 Å². The summed E-state index contributed by atoms with van der Waals surface area (Å²) in [5.41, 5.74) is 0. The number of anilines is 1. The normalized spacial score (nSPS) is 18.2. The summed E-state index contributed by atoms with van der Waals surface area (Å²) in [6, 6.07) is 1.75. The van der Waals surface area contributed by atoms with Gasteiger partial charge in [-0.25, -0.2) is 4.98 Å². The zero-order valence-electron chi connectivity index (χ0n) is 16.8. The molecular formula is C19H33Cl2N5O2. The third kappa shape index (κ3) is 6.36. The molecule has 0 bridgehead atoms. The lowest BCUT2D eigenvalue weighted by molar-refractivity contribution is -0.137. The van der Waals surface area contributed by atoms with Gasteiger partial charge in [-0.2, -0.15) is 4.98 Å². The van der Waals surface area contributed by atoms with E-state index in [1.54, 1.807) is 19.4 Å². The Hall–Kier alpha value is -1.31. The van der Waals surface area contributed by atoms with Crippen LogP contribution in [0.25, 0.3) is 0 Å². The molecule has 3 heterocycles. The molecule has 1 N–H and O–H groups in total. The van der Waals surface area contributed by atoms with Crippen molar-refractivity contribution < 1.29 is 9.53 Å². The molecule has 0 atom stereocenters. The molecule has 0 unspecified atom stereocenters. The predicted octanol–water partition coefficient (Wildman–Crippen LogP) is 2.39. The molecule has 1 amide bonds. The monoisotopic (exact) mass is 433 g/mol. The molecule has 0 aliphatic carbocycles. The maximum Gasteiger partial charge on any atom is 0.228 e. The molecule has 2 saturated heterocycles. The molecule has 28 heavy (non-hydrogen) atoms. The van der Waals surface area contributed by atoms with Crippen molar-refractivity contribution in [2.75, 3.05) is 51.8 Å². The molecule has 0 saturated carbocycles. The van der Waals surface area contributed by atoms with Crippen LogP contribution in [-0.2, 0) is 4.79 Å². The highest BCUT2D eigenvalue weighted by molar-refractivity contribution is 5.85. The molecule has 160 valence electrons. The fraction of sp³-hybridized carbons (Fsp3) is 0.737. The maximum absolute atomic E-state index is 12.9. The van der Waals surface area contributed by atoms with Crippen LogP contribution in [0.1, 0.15) is 32.1 Å². The van der Waals surface area contributed by atoms with Crippen LogP contribution in [-0.4, -0.2) is 67.7 Å². The molecular weight excluding hydrogens is 401 g/mol. The number of likely N-dealkylation sites (tertiary alicyclic amines) is 1. The SMILES string of the molecule is CNCCC1CCN(C(=O)C2CCN(c3nccc(OC)n3)CC2)CC1.Cl.Cl. The van der Waals surface area contributed by atoms with Gasteiger partial charge in [0.25, 0.3) is 0 Å². The molecule has 9 heteroatoms. The van der Waals surface area contributed by atoms with Gasteiger partial charge in [-0.1, -0.05) is 0 Å². The Morgan fingerprint density at radius 3 is 2.46 bits per heavy atom. The van der Waals surface area contributed by atoms with Gasteiger partial charge in [-0.05, 0) is 51.6 Å². The lowest BCUT2D eigenvalue weighted by atomic mass is 9.90. The molecule has 7 nitrogen and oxygen atoms in total. The number of amides is 1. The van der Waals surface area contributed by atoms with Crippen LogP contribution in [0.3, 0.4) is 0 Å². The average molecular weight is 434 g/mol. The number of halogens is 2. The highest BCUT2D eigenvalue weighted by Crippen LogP contribution is 2.26. The second-order valence-corrected chi connectivity index (χ2v) is 7.32. The lowest BCUT2D eigenvalue weighted by Crippen LogP contribution is -2.46. The Balaban J connectivity index is 0.00000196. The molecule has 0 aromatic carbocycles. The smallest absolute Gasteiger partial charge is 0.228 e. The second kappa shape index (κ2) is 12.3. The fourth-order valence-corrected chi connectivity index (χ4v) is 3.97. The number of carbonyl (C=O) groups excluding carboxylic acids is 1.